The maximum absolute atomic E-state index is 13.1. The van der Waals surface area contributed by atoms with Crippen LogP contribution in [0.1, 0.15) is 30.0 Å². The van der Waals surface area contributed by atoms with Crippen LogP contribution in [0.3, 0.4) is 0 Å². The molecule has 0 spiro atoms. The molecule has 2 saturated heterocycles. The average molecular weight is 437 g/mol. The summed E-state index contributed by atoms with van der Waals surface area (Å²) in [4.78, 5) is 31.0. The SMILES string of the molecule is O=C1C(=O)N(CC2CCCO2)C(c2c[nH]c3ccccc23)/C1=C(\O)c1ccc(Cl)cc1. The minimum atomic E-state index is -0.712. The first-order chi connectivity index (χ1) is 15.0. The highest BCUT2D eigenvalue weighted by molar-refractivity contribution is 6.46. The summed E-state index contributed by atoms with van der Waals surface area (Å²) in [5, 5.41) is 12.5. The number of halogens is 1. The van der Waals surface area contributed by atoms with Crippen molar-refractivity contribution in [3.05, 3.63) is 76.5 Å². The maximum Gasteiger partial charge on any atom is 0.295 e. The number of Topliss-reactive ketones (excluding diaryl/α,β-unsaturated/α-hetero) is 1. The summed E-state index contributed by atoms with van der Waals surface area (Å²) in [6, 6.07) is 13.5. The van der Waals surface area contributed by atoms with E-state index in [9.17, 15) is 14.7 Å². The van der Waals surface area contributed by atoms with Gasteiger partial charge in [-0.25, -0.2) is 0 Å². The molecular formula is C24H21ClN2O4. The predicted octanol–water partition coefficient (Wildman–Crippen LogP) is 4.42. The molecule has 0 saturated carbocycles. The van der Waals surface area contributed by atoms with Crippen LogP contribution in [0.2, 0.25) is 5.02 Å². The van der Waals surface area contributed by atoms with Gasteiger partial charge in [0.1, 0.15) is 5.76 Å². The first-order valence-corrected chi connectivity index (χ1v) is 10.6. The van der Waals surface area contributed by atoms with E-state index in [1.54, 1.807) is 30.5 Å². The summed E-state index contributed by atoms with van der Waals surface area (Å²) in [6.07, 6.45) is 3.44. The molecular weight excluding hydrogens is 416 g/mol. The Labute approximate surface area is 184 Å². The van der Waals surface area contributed by atoms with Crippen molar-refractivity contribution >= 4 is 40.0 Å². The number of ether oxygens (including phenoxy) is 1. The maximum atomic E-state index is 13.1. The largest absolute Gasteiger partial charge is 0.507 e. The summed E-state index contributed by atoms with van der Waals surface area (Å²) in [6.45, 7) is 0.948. The molecule has 0 radical (unpaired) electrons. The fourth-order valence-corrected chi connectivity index (χ4v) is 4.61. The molecule has 2 aliphatic rings. The Morgan fingerprint density at radius 2 is 1.94 bits per heavy atom. The van der Waals surface area contributed by atoms with Crippen LogP contribution < -0.4 is 0 Å². The number of nitrogens with one attached hydrogen (secondary N) is 1. The topological polar surface area (TPSA) is 82.6 Å². The average Bonchev–Trinajstić information content (AvgIpc) is 3.49. The number of H-pyrrole nitrogens is 1. The quantitative estimate of drug-likeness (QED) is 0.360. The lowest BCUT2D eigenvalue weighted by molar-refractivity contribution is -0.140. The van der Waals surface area contributed by atoms with Crippen molar-refractivity contribution in [2.24, 2.45) is 0 Å². The monoisotopic (exact) mass is 436 g/mol. The van der Waals surface area contributed by atoms with E-state index in [-0.39, 0.29) is 17.4 Å². The minimum Gasteiger partial charge on any atom is -0.507 e. The molecule has 7 heteroatoms. The van der Waals surface area contributed by atoms with Crippen molar-refractivity contribution in [3.8, 4) is 0 Å². The van der Waals surface area contributed by atoms with Crippen LogP contribution in [0.15, 0.2) is 60.3 Å². The van der Waals surface area contributed by atoms with E-state index < -0.39 is 17.7 Å². The Bertz CT molecular complexity index is 1190. The van der Waals surface area contributed by atoms with Gasteiger partial charge in [-0.1, -0.05) is 29.8 Å². The number of likely N-dealkylation sites (tertiary alicyclic amines) is 1. The van der Waals surface area contributed by atoms with Gasteiger partial charge in [0.2, 0.25) is 0 Å². The third-order valence-corrected chi connectivity index (χ3v) is 6.25. The number of para-hydroxylation sites is 1. The molecule has 0 aliphatic carbocycles. The molecule has 2 unspecified atom stereocenters. The number of aliphatic hydroxyl groups is 1. The van der Waals surface area contributed by atoms with Crippen molar-refractivity contribution in [2.75, 3.05) is 13.2 Å². The highest BCUT2D eigenvalue weighted by Gasteiger charge is 2.47. The number of hydrogen-bond acceptors (Lipinski definition) is 4. The number of aliphatic hydroxyl groups excluding tert-OH is 1. The van der Waals surface area contributed by atoms with E-state index in [0.29, 0.717) is 23.7 Å². The van der Waals surface area contributed by atoms with Crippen LogP contribution in [0.25, 0.3) is 16.7 Å². The summed E-state index contributed by atoms with van der Waals surface area (Å²) in [5.74, 6) is -1.53. The van der Waals surface area contributed by atoms with Crippen LogP contribution in [0.5, 0.6) is 0 Å². The summed E-state index contributed by atoms with van der Waals surface area (Å²) in [5.41, 5.74) is 2.18. The molecule has 0 bridgehead atoms. The van der Waals surface area contributed by atoms with E-state index in [4.69, 9.17) is 16.3 Å². The van der Waals surface area contributed by atoms with Gasteiger partial charge in [-0.05, 0) is 43.2 Å². The van der Waals surface area contributed by atoms with Crippen molar-refractivity contribution < 1.29 is 19.4 Å². The lowest BCUT2D eigenvalue weighted by Gasteiger charge is -2.27. The van der Waals surface area contributed by atoms with Crippen LogP contribution in [-0.2, 0) is 14.3 Å². The Hall–Kier alpha value is -3.09. The van der Waals surface area contributed by atoms with Crippen LogP contribution in [0.4, 0.5) is 0 Å². The van der Waals surface area contributed by atoms with Crippen molar-refractivity contribution in [2.45, 2.75) is 25.0 Å². The van der Waals surface area contributed by atoms with Gasteiger partial charge in [0.25, 0.3) is 11.7 Å². The number of benzene rings is 2. The molecule has 2 fully saturated rings. The van der Waals surface area contributed by atoms with E-state index in [1.807, 2.05) is 24.3 Å². The smallest absolute Gasteiger partial charge is 0.295 e. The Morgan fingerprint density at radius 1 is 1.16 bits per heavy atom. The lowest BCUT2D eigenvalue weighted by atomic mass is 9.95. The molecule has 2 atom stereocenters. The second kappa shape index (κ2) is 7.87. The molecule has 6 nitrogen and oxygen atoms in total. The minimum absolute atomic E-state index is 0.0788. The number of carbonyl (C=O) groups excluding carboxylic acids is 2. The molecule has 2 aromatic carbocycles. The van der Waals surface area contributed by atoms with E-state index in [1.165, 1.54) is 4.90 Å². The van der Waals surface area contributed by atoms with Gasteiger partial charge in [0, 0.05) is 46.4 Å². The summed E-state index contributed by atoms with van der Waals surface area (Å²) < 4.78 is 5.74. The zero-order chi connectivity index (χ0) is 21.5. The first-order valence-electron chi connectivity index (χ1n) is 10.3. The van der Waals surface area contributed by atoms with Gasteiger partial charge in [-0.15, -0.1) is 0 Å². The van der Waals surface area contributed by atoms with Gasteiger partial charge in [0.15, 0.2) is 0 Å². The number of hydrogen-bond donors (Lipinski definition) is 2. The van der Waals surface area contributed by atoms with Crippen LogP contribution >= 0.6 is 11.6 Å². The van der Waals surface area contributed by atoms with Crippen LogP contribution in [0, 0.1) is 0 Å². The van der Waals surface area contributed by atoms with Gasteiger partial charge >= 0.3 is 0 Å². The second-order valence-corrected chi connectivity index (χ2v) is 8.32. The number of rotatable bonds is 4. The summed E-state index contributed by atoms with van der Waals surface area (Å²) in [7, 11) is 0. The number of amides is 1. The van der Waals surface area contributed by atoms with Crippen molar-refractivity contribution in [1.82, 2.24) is 9.88 Å². The number of fused-ring (bicyclic) bond motifs is 1. The Morgan fingerprint density at radius 3 is 2.68 bits per heavy atom. The molecule has 5 rings (SSSR count). The Balaban J connectivity index is 1.67. The molecule has 1 amide bonds. The second-order valence-electron chi connectivity index (χ2n) is 7.88. The highest BCUT2D eigenvalue weighted by atomic mass is 35.5. The first kappa shape index (κ1) is 19.8. The third-order valence-electron chi connectivity index (χ3n) is 6.00. The highest BCUT2D eigenvalue weighted by Crippen LogP contribution is 2.42. The zero-order valence-corrected chi connectivity index (χ0v) is 17.4. The van der Waals surface area contributed by atoms with Crippen molar-refractivity contribution in [1.29, 1.82) is 0 Å². The fraction of sp³-hybridized carbons (Fsp3) is 0.250. The predicted molar refractivity (Wildman–Crippen MR) is 118 cm³/mol. The number of carbonyl (C=O) groups is 2. The standard InChI is InChI=1S/C24H21ClN2O4/c25-15-9-7-14(8-10-15)22(28)20-21(18-12-26-19-6-2-1-5-17(18)19)27(24(30)23(20)29)13-16-4-3-11-31-16/h1-2,5-10,12,16,21,26,28H,3-4,11,13H2/b22-20+. The van der Waals surface area contributed by atoms with E-state index in [2.05, 4.69) is 4.98 Å². The lowest BCUT2D eigenvalue weighted by Crippen LogP contribution is -2.36. The van der Waals surface area contributed by atoms with Gasteiger partial charge in [-0.2, -0.15) is 0 Å². The van der Waals surface area contributed by atoms with Crippen molar-refractivity contribution in [3.63, 3.8) is 0 Å². The molecule has 31 heavy (non-hydrogen) atoms. The van der Waals surface area contributed by atoms with E-state index in [0.717, 1.165) is 29.3 Å². The molecule has 3 aromatic rings. The third kappa shape index (κ3) is 3.42. The molecule has 2 N–H and O–H groups in total. The molecule has 1 aromatic heterocycles. The molecule has 3 heterocycles. The zero-order valence-electron chi connectivity index (χ0n) is 16.7. The number of aromatic amines is 1. The molecule has 158 valence electrons. The van der Waals surface area contributed by atoms with Crippen LogP contribution in [-0.4, -0.2) is 45.9 Å². The van der Waals surface area contributed by atoms with Gasteiger partial charge in [0.05, 0.1) is 17.7 Å². The number of ketones is 1. The van der Waals surface area contributed by atoms with Gasteiger partial charge in [-0.3, -0.25) is 9.59 Å². The fourth-order valence-electron chi connectivity index (χ4n) is 4.48. The Kier molecular flexibility index (Phi) is 5.04. The summed E-state index contributed by atoms with van der Waals surface area (Å²) >= 11 is 5.98. The number of aromatic nitrogens is 1. The van der Waals surface area contributed by atoms with Gasteiger partial charge < -0.3 is 19.7 Å². The molecule has 2 aliphatic heterocycles. The normalized spacial score (nSPS) is 23.2. The van der Waals surface area contributed by atoms with E-state index >= 15 is 0 Å². The number of nitrogens with zero attached hydrogens (tertiary/aromatic N) is 1.